The fourth-order valence-electron chi connectivity index (χ4n) is 3.18. The molecule has 1 aliphatic heterocycles. The minimum Gasteiger partial charge on any atom is -0.497 e. The molecular formula is C22H26N2O5. The Bertz CT molecular complexity index is 820. The fourth-order valence-corrected chi connectivity index (χ4v) is 3.18. The third-order valence-corrected chi connectivity index (χ3v) is 4.68. The molecule has 1 atom stereocenters. The number of benzene rings is 2. The molecule has 3 rings (SSSR count). The van der Waals surface area contributed by atoms with Crippen LogP contribution in [0.25, 0.3) is 0 Å². The molecule has 2 aromatic carbocycles. The average molecular weight is 398 g/mol. The summed E-state index contributed by atoms with van der Waals surface area (Å²) in [4.78, 5) is 26.4. The Kier molecular flexibility index (Phi) is 6.94. The van der Waals surface area contributed by atoms with Gasteiger partial charge in [0.1, 0.15) is 23.9 Å². The minimum absolute atomic E-state index is 0.0520. The van der Waals surface area contributed by atoms with Gasteiger partial charge in [0.15, 0.2) is 0 Å². The lowest BCUT2D eigenvalue weighted by molar-refractivity contribution is -0.126. The van der Waals surface area contributed by atoms with Gasteiger partial charge in [0, 0.05) is 18.7 Å². The smallest absolute Gasteiger partial charge is 0.227 e. The molecule has 0 bridgehead atoms. The number of hydrogen-bond acceptors (Lipinski definition) is 5. The highest BCUT2D eigenvalue weighted by molar-refractivity contribution is 6.00. The van der Waals surface area contributed by atoms with Gasteiger partial charge in [-0.3, -0.25) is 9.59 Å². The zero-order chi connectivity index (χ0) is 20.6. The molecule has 1 heterocycles. The average Bonchev–Trinajstić information content (AvgIpc) is 3.14. The summed E-state index contributed by atoms with van der Waals surface area (Å²) in [5.41, 5.74) is 0.775. The third kappa shape index (κ3) is 5.40. The van der Waals surface area contributed by atoms with Crippen molar-refractivity contribution in [2.24, 2.45) is 5.92 Å². The summed E-state index contributed by atoms with van der Waals surface area (Å²) >= 11 is 0. The normalized spacial score (nSPS) is 15.9. The van der Waals surface area contributed by atoms with Gasteiger partial charge in [0.2, 0.25) is 11.8 Å². The highest BCUT2D eigenvalue weighted by Gasteiger charge is 2.34. The van der Waals surface area contributed by atoms with Crippen LogP contribution in [0, 0.1) is 5.92 Å². The van der Waals surface area contributed by atoms with Gasteiger partial charge in [0.25, 0.3) is 0 Å². The van der Waals surface area contributed by atoms with Crippen LogP contribution >= 0.6 is 0 Å². The molecule has 0 aromatic heterocycles. The second-order valence-electron chi connectivity index (χ2n) is 6.65. The van der Waals surface area contributed by atoms with Gasteiger partial charge in [0.05, 0.1) is 26.2 Å². The van der Waals surface area contributed by atoms with Gasteiger partial charge in [-0.2, -0.15) is 0 Å². The SMILES string of the molecule is CCOc1ccc(N2CC(C(=O)NCCOc3ccc(OC)cc3)CC2=O)cc1. The van der Waals surface area contributed by atoms with Crippen molar-refractivity contribution in [3.63, 3.8) is 0 Å². The van der Waals surface area contributed by atoms with E-state index in [4.69, 9.17) is 14.2 Å². The monoisotopic (exact) mass is 398 g/mol. The van der Waals surface area contributed by atoms with Crippen LogP contribution in [0.3, 0.4) is 0 Å². The lowest BCUT2D eigenvalue weighted by atomic mass is 10.1. The van der Waals surface area contributed by atoms with Crippen LogP contribution in [0.2, 0.25) is 0 Å². The van der Waals surface area contributed by atoms with E-state index >= 15 is 0 Å². The molecule has 29 heavy (non-hydrogen) atoms. The predicted octanol–water partition coefficient (Wildman–Crippen LogP) is 2.64. The van der Waals surface area contributed by atoms with Crippen molar-refractivity contribution in [1.82, 2.24) is 5.32 Å². The zero-order valence-corrected chi connectivity index (χ0v) is 16.7. The van der Waals surface area contributed by atoms with Gasteiger partial charge < -0.3 is 24.4 Å². The van der Waals surface area contributed by atoms with Crippen molar-refractivity contribution in [2.75, 3.05) is 38.3 Å². The van der Waals surface area contributed by atoms with E-state index in [0.29, 0.717) is 32.1 Å². The van der Waals surface area contributed by atoms with E-state index in [9.17, 15) is 9.59 Å². The number of carbonyl (C=O) groups is 2. The van der Waals surface area contributed by atoms with Crippen molar-refractivity contribution in [1.29, 1.82) is 0 Å². The number of nitrogens with one attached hydrogen (secondary N) is 1. The van der Waals surface area contributed by atoms with Crippen LogP contribution in [0.4, 0.5) is 5.69 Å². The summed E-state index contributed by atoms with van der Waals surface area (Å²) in [6.45, 7) is 3.60. The van der Waals surface area contributed by atoms with E-state index in [2.05, 4.69) is 5.32 Å². The molecule has 7 heteroatoms. The molecule has 0 radical (unpaired) electrons. The van der Waals surface area contributed by atoms with E-state index in [1.54, 1.807) is 12.0 Å². The molecule has 2 aromatic rings. The molecule has 7 nitrogen and oxygen atoms in total. The molecule has 2 amide bonds. The summed E-state index contributed by atoms with van der Waals surface area (Å²) in [6, 6.07) is 14.6. The first-order valence-electron chi connectivity index (χ1n) is 9.68. The number of methoxy groups -OCH3 is 1. The number of amides is 2. The Morgan fingerprint density at radius 1 is 1.03 bits per heavy atom. The minimum atomic E-state index is -0.366. The lowest BCUT2D eigenvalue weighted by Gasteiger charge is -2.17. The highest BCUT2D eigenvalue weighted by atomic mass is 16.5. The summed E-state index contributed by atoms with van der Waals surface area (Å²) in [5, 5.41) is 2.85. The first-order valence-corrected chi connectivity index (χ1v) is 9.68. The molecule has 0 spiro atoms. The summed E-state index contributed by atoms with van der Waals surface area (Å²) in [7, 11) is 1.61. The zero-order valence-electron chi connectivity index (χ0n) is 16.7. The number of carbonyl (C=O) groups excluding carboxylic acids is 2. The summed E-state index contributed by atoms with van der Waals surface area (Å²) < 4.78 is 16.1. The number of nitrogens with zero attached hydrogens (tertiary/aromatic N) is 1. The molecule has 1 unspecified atom stereocenters. The van der Waals surface area contributed by atoms with Crippen LogP contribution in [-0.4, -0.2) is 45.2 Å². The van der Waals surface area contributed by atoms with Crippen LogP contribution in [0.5, 0.6) is 17.2 Å². The van der Waals surface area contributed by atoms with E-state index in [-0.39, 0.29) is 24.2 Å². The molecule has 0 aliphatic carbocycles. The van der Waals surface area contributed by atoms with Gasteiger partial charge in [-0.25, -0.2) is 0 Å². The molecule has 1 saturated heterocycles. The maximum absolute atomic E-state index is 12.4. The van der Waals surface area contributed by atoms with Gasteiger partial charge in [-0.1, -0.05) is 0 Å². The standard InChI is InChI=1S/C22H26N2O5/c1-3-28-19-6-4-17(5-7-19)24-15-16(14-21(24)25)22(26)23-12-13-29-20-10-8-18(27-2)9-11-20/h4-11,16H,3,12-15H2,1-2H3,(H,23,26). The summed E-state index contributed by atoms with van der Waals surface area (Å²) in [6.07, 6.45) is 0.207. The Hall–Kier alpha value is -3.22. The van der Waals surface area contributed by atoms with Crippen molar-refractivity contribution < 1.29 is 23.8 Å². The molecule has 1 aliphatic rings. The largest absolute Gasteiger partial charge is 0.497 e. The number of rotatable bonds is 9. The first-order chi connectivity index (χ1) is 14.1. The molecule has 1 fully saturated rings. The first kappa shape index (κ1) is 20.5. The predicted molar refractivity (Wildman–Crippen MR) is 110 cm³/mol. The van der Waals surface area contributed by atoms with E-state index in [0.717, 1.165) is 17.2 Å². The van der Waals surface area contributed by atoms with Crippen LogP contribution in [0.1, 0.15) is 13.3 Å². The van der Waals surface area contributed by atoms with Gasteiger partial charge >= 0.3 is 0 Å². The Balaban J connectivity index is 1.44. The maximum atomic E-state index is 12.4. The quantitative estimate of drug-likeness (QED) is 0.657. The van der Waals surface area contributed by atoms with Crippen molar-refractivity contribution >= 4 is 17.5 Å². The molecule has 1 N–H and O–H groups in total. The molecule has 0 saturated carbocycles. The third-order valence-electron chi connectivity index (χ3n) is 4.68. The molecular weight excluding hydrogens is 372 g/mol. The molecule has 154 valence electrons. The summed E-state index contributed by atoms with van der Waals surface area (Å²) in [5.74, 6) is 1.67. The topological polar surface area (TPSA) is 77.1 Å². The number of hydrogen-bond donors (Lipinski definition) is 1. The van der Waals surface area contributed by atoms with E-state index in [1.165, 1.54) is 0 Å². The highest BCUT2D eigenvalue weighted by Crippen LogP contribution is 2.27. The van der Waals surface area contributed by atoms with Crippen molar-refractivity contribution in [3.05, 3.63) is 48.5 Å². The van der Waals surface area contributed by atoms with Crippen LogP contribution < -0.4 is 24.4 Å². The fraction of sp³-hybridized carbons (Fsp3) is 0.364. The second-order valence-corrected chi connectivity index (χ2v) is 6.65. The van der Waals surface area contributed by atoms with Crippen molar-refractivity contribution in [2.45, 2.75) is 13.3 Å². The van der Waals surface area contributed by atoms with Crippen LogP contribution in [-0.2, 0) is 9.59 Å². The van der Waals surface area contributed by atoms with E-state index in [1.807, 2.05) is 55.5 Å². The van der Waals surface area contributed by atoms with Crippen LogP contribution in [0.15, 0.2) is 48.5 Å². The Labute approximate surface area is 170 Å². The van der Waals surface area contributed by atoms with E-state index < -0.39 is 0 Å². The number of ether oxygens (including phenoxy) is 3. The Morgan fingerprint density at radius 3 is 2.31 bits per heavy atom. The number of anilines is 1. The second kappa shape index (κ2) is 9.82. The Morgan fingerprint density at radius 2 is 1.66 bits per heavy atom. The van der Waals surface area contributed by atoms with Crippen molar-refractivity contribution in [3.8, 4) is 17.2 Å². The lowest BCUT2D eigenvalue weighted by Crippen LogP contribution is -2.35. The van der Waals surface area contributed by atoms with Gasteiger partial charge in [-0.05, 0) is 55.5 Å². The maximum Gasteiger partial charge on any atom is 0.227 e. The van der Waals surface area contributed by atoms with Gasteiger partial charge in [-0.15, -0.1) is 0 Å².